The minimum Gasteiger partial charge on any atom is -0.481 e. The summed E-state index contributed by atoms with van der Waals surface area (Å²) in [6.45, 7) is 0. The molecule has 0 aliphatic heterocycles. The number of nitrogens with zero attached hydrogens (tertiary/aromatic N) is 2. The third kappa shape index (κ3) is 2.98. The van der Waals surface area contributed by atoms with Crippen LogP contribution < -0.4 is 5.32 Å². The van der Waals surface area contributed by atoms with E-state index in [0.29, 0.717) is 6.04 Å². The zero-order valence-electron chi connectivity index (χ0n) is 12.7. The number of carboxylic acids is 1. The van der Waals surface area contributed by atoms with Gasteiger partial charge in [-0.15, -0.1) is 0 Å². The van der Waals surface area contributed by atoms with Gasteiger partial charge >= 0.3 is 5.97 Å². The van der Waals surface area contributed by atoms with Crippen molar-refractivity contribution in [1.82, 2.24) is 9.78 Å². The molecule has 0 spiro atoms. The molecule has 3 rings (SSSR count). The molecule has 22 heavy (non-hydrogen) atoms. The topological polar surface area (TPSA) is 67.2 Å². The Morgan fingerprint density at radius 3 is 2.55 bits per heavy atom. The smallest absolute Gasteiger partial charge is 0.306 e. The van der Waals surface area contributed by atoms with Gasteiger partial charge in [0.05, 0.1) is 23.5 Å². The summed E-state index contributed by atoms with van der Waals surface area (Å²) < 4.78 is 1.88. The third-order valence-electron chi connectivity index (χ3n) is 4.42. The molecule has 0 unspecified atom stereocenters. The number of aromatic nitrogens is 2. The molecule has 0 amide bonds. The van der Waals surface area contributed by atoms with Gasteiger partial charge in [-0.3, -0.25) is 9.48 Å². The predicted octanol–water partition coefficient (Wildman–Crippen LogP) is 3.14. The SMILES string of the molecule is Cn1ncc(NC2CCC(C(=O)O)CC2)c1-c1ccccc1. The van der Waals surface area contributed by atoms with Gasteiger partial charge in [0.15, 0.2) is 0 Å². The van der Waals surface area contributed by atoms with Gasteiger partial charge in [0.25, 0.3) is 0 Å². The summed E-state index contributed by atoms with van der Waals surface area (Å²) in [6, 6.07) is 10.5. The Balaban J connectivity index is 1.73. The number of carbonyl (C=O) groups is 1. The average molecular weight is 299 g/mol. The Bertz CT molecular complexity index is 643. The van der Waals surface area contributed by atoms with E-state index in [0.717, 1.165) is 42.6 Å². The van der Waals surface area contributed by atoms with Crippen molar-refractivity contribution in [3.05, 3.63) is 36.5 Å². The molecule has 2 aromatic rings. The number of aliphatic carboxylic acids is 1. The van der Waals surface area contributed by atoms with Crippen LogP contribution in [0.15, 0.2) is 36.5 Å². The molecule has 1 aliphatic carbocycles. The minimum absolute atomic E-state index is 0.180. The molecule has 0 radical (unpaired) electrons. The van der Waals surface area contributed by atoms with E-state index in [1.165, 1.54) is 0 Å². The molecule has 5 nitrogen and oxygen atoms in total. The highest BCUT2D eigenvalue weighted by molar-refractivity contribution is 5.74. The number of aryl methyl sites for hydroxylation is 1. The Morgan fingerprint density at radius 2 is 1.91 bits per heavy atom. The van der Waals surface area contributed by atoms with E-state index in [-0.39, 0.29) is 5.92 Å². The van der Waals surface area contributed by atoms with Gasteiger partial charge in [-0.2, -0.15) is 5.10 Å². The molecule has 1 heterocycles. The second kappa shape index (κ2) is 6.22. The van der Waals surface area contributed by atoms with Crippen LogP contribution in [0.5, 0.6) is 0 Å². The molecule has 116 valence electrons. The van der Waals surface area contributed by atoms with E-state index >= 15 is 0 Å². The largest absolute Gasteiger partial charge is 0.481 e. The Hall–Kier alpha value is -2.30. The van der Waals surface area contributed by atoms with Gasteiger partial charge in [-0.1, -0.05) is 30.3 Å². The van der Waals surface area contributed by atoms with Crippen molar-refractivity contribution in [1.29, 1.82) is 0 Å². The van der Waals surface area contributed by atoms with E-state index in [2.05, 4.69) is 22.5 Å². The second-order valence-corrected chi connectivity index (χ2v) is 5.93. The minimum atomic E-state index is -0.662. The lowest BCUT2D eigenvalue weighted by molar-refractivity contribution is -0.142. The standard InChI is InChI=1S/C17H21N3O2/c1-20-16(12-5-3-2-4-6-12)15(11-18-20)19-14-9-7-13(8-10-14)17(21)22/h2-6,11,13-14,19H,7-10H2,1H3,(H,21,22). The molecule has 1 fully saturated rings. The Kier molecular flexibility index (Phi) is 4.13. The third-order valence-corrected chi connectivity index (χ3v) is 4.42. The van der Waals surface area contributed by atoms with Gasteiger partial charge in [-0.25, -0.2) is 0 Å². The normalized spacial score (nSPS) is 21.5. The lowest BCUT2D eigenvalue weighted by atomic mass is 9.86. The molecule has 1 aromatic heterocycles. The summed E-state index contributed by atoms with van der Waals surface area (Å²) in [4.78, 5) is 11.0. The zero-order chi connectivity index (χ0) is 15.5. The maximum Gasteiger partial charge on any atom is 0.306 e. The fourth-order valence-electron chi connectivity index (χ4n) is 3.19. The number of hydrogen-bond acceptors (Lipinski definition) is 3. The van der Waals surface area contributed by atoms with Crippen molar-refractivity contribution in [2.24, 2.45) is 13.0 Å². The highest BCUT2D eigenvalue weighted by Gasteiger charge is 2.26. The van der Waals surface area contributed by atoms with Gasteiger partial charge in [0, 0.05) is 18.7 Å². The Labute approximate surface area is 130 Å². The van der Waals surface area contributed by atoms with Crippen molar-refractivity contribution in [2.75, 3.05) is 5.32 Å². The van der Waals surface area contributed by atoms with E-state index < -0.39 is 5.97 Å². The first-order valence-corrected chi connectivity index (χ1v) is 7.72. The Morgan fingerprint density at radius 1 is 1.23 bits per heavy atom. The number of nitrogens with one attached hydrogen (secondary N) is 1. The van der Waals surface area contributed by atoms with Crippen LogP contribution in [0.25, 0.3) is 11.3 Å². The van der Waals surface area contributed by atoms with Gasteiger partial charge in [-0.05, 0) is 25.7 Å². The summed E-state index contributed by atoms with van der Waals surface area (Å²) in [7, 11) is 1.94. The molecule has 1 saturated carbocycles. The highest BCUT2D eigenvalue weighted by atomic mass is 16.4. The van der Waals surface area contributed by atoms with Gasteiger partial charge < -0.3 is 10.4 Å². The van der Waals surface area contributed by atoms with Crippen LogP contribution in [0.3, 0.4) is 0 Å². The maximum absolute atomic E-state index is 11.0. The number of anilines is 1. The summed E-state index contributed by atoms with van der Waals surface area (Å²) in [5.74, 6) is -0.842. The highest BCUT2D eigenvalue weighted by Crippen LogP contribution is 2.31. The van der Waals surface area contributed by atoms with Crippen LogP contribution in [-0.2, 0) is 11.8 Å². The molecular formula is C17H21N3O2. The van der Waals surface area contributed by atoms with Crippen molar-refractivity contribution in [3.8, 4) is 11.3 Å². The lowest BCUT2D eigenvalue weighted by Crippen LogP contribution is -2.29. The van der Waals surface area contributed by atoms with Crippen LogP contribution in [0.4, 0.5) is 5.69 Å². The van der Waals surface area contributed by atoms with Crippen LogP contribution in [-0.4, -0.2) is 26.9 Å². The summed E-state index contributed by atoms with van der Waals surface area (Å²) in [5.41, 5.74) is 3.22. The zero-order valence-corrected chi connectivity index (χ0v) is 12.7. The number of rotatable bonds is 4. The van der Waals surface area contributed by atoms with Crippen molar-refractivity contribution < 1.29 is 9.90 Å². The van der Waals surface area contributed by atoms with Crippen molar-refractivity contribution in [2.45, 2.75) is 31.7 Å². The van der Waals surface area contributed by atoms with Crippen LogP contribution in [0.1, 0.15) is 25.7 Å². The number of hydrogen-bond donors (Lipinski definition) is 2. The van der Waals surface area contributed by atoms with Gasteiger partial charge in [0.2, 0.25) is 0 Å². The maximum atomic E-state index is 11.0. The van der Waals surface area contributed by atoms with Crippen LogP contribution >= 0.6 is 0 Å². The number of benzene rings is 1. The summed E-state index contributed by atoms with van der Waals surface area (Å²) in [5, 5.41) is 17.0. The second-order valence-electron chi connectivity index (χ2n) is 5.93. The molecular weight excluding hydrogens is 278 g/mol. The van der Waals surface area contributed by atoms with Crippen molar-refractivity contribution >= 4 is 11.7 Å². The molecule has 1 aromatic carbocycles. The fraction of sp³-hybridized carbons (Fsp3) is 0.412. The van der Waals surface area contributed by atoms with E-state index in [1.54, 1.807) is 0 Å². The monoisotopic (exact) mass is 299 g/mol. The lowest BCUT2D eigenvalue weighted by Gasteiger charge is -2.27. The van der Waals surface area contributed by atoms with Crippen molar-refractivity contribution in [3.63, 3.8) is 0 Å². The molecule has 2 N–H and O–H groups in total. The van der Waals surface area contributed by atoms with Gasteiger partial charge in [0.1, 0.15) is 0 Å². The van der Waals surface area contributed by atoms with E-state index in [4.69, 9.17) is 5.11 Å². The van der Waals surface area contributed by atoms with Crippen LogP contribution in [0, 0.1) is 5.92 Å². The van der Waals surface area contributed by atoms with E-state index in [1.807, 2.05) is 36.1 Å². The first-order chi connectivity index (χ1) is 10.6. The summed E-state index contributed by atoms with van der Waals surface area (Å²) >= 11 is 0. The molecule has 1 aliphatic rings. The van der Waals surface area contributed by atoms with E-state index in [9.17, 15) is 4.79 Å². The molecule has 0 saturated heterocycles. The molecule has 5 heteroatoms. The quantitative estimate of drug-likeness (QED) is 0.910. The van der Waals surface area contributed by atoms with Crippen LogP contribution in [0.2, 0.25) is 0 Å². The first kappa shape index (κ1) is 14.6. The average Bonchev–Trinajstić information content (AvgIpc) is 2.89. The fourth-order valence-corrected chi connectivity index (χ4v) is 3.19. The molecule has 0 atom stereocenters. The number of carboxylic acid groups (broad SMARTS) is 1. The summed E-state index contributed by atoms with van der Waals surface area (Å²) in [6.07, 6.45) is 5.12. The first-order valence-electron chi connectivity index (χ1n) is 7.72. The molecule has 0 bridgehead atoms. The predicted molar refractivity (Wildman–Crippen MR) is 85.6 cm³/mol.